The molecule has 0 aliphatic carbocycles. The Hall–Kier alpha value is -0.400. The van der Waals surface area contributed by atoms with Crippen LogP contribution in [-0.2, 0) is 0 Å². The molecule has 0 unspecified atom stereocenters. The Kier molecular flexibility index (Phi) is 5.15. The van der Waals surface area contributed by atoms with Crippen molar-refractivity contribution >= 4 is 33.0 Å². The minimum absolute atomic E-state index is 0.00477. The summed E-state index contributed by atoms with van der Waals surface area (Å²) in [6.45, 7) is -0.173. The molecule has 0 aliphatic rings. The summed E-state index contributed by atoms with van der Waals surface area (Å²) in [6.07, 6.45) is -5.08. The lowest BCUT2D eigenvalue weighted by molar-refractivity contribution is -0.137. The van der Waals surface area contributed by atoms with Crippen LogP contribution in [0.2, 0.25) is 0 Å². The summed E-state index contributed by atoms with van der Waals surface area (Å²) in [5.74, 6) is -0.170. The third-order valence-corrected chi connectivity index (χ3v) is 3.94. The number of hydrogen-bond acceptors (Lipinski definition) is 3. The normalized spacial score (nSPS) is 12.1. The summed E-state index contributed by atoms with van der Waals surface area (Å²) in [7, 11) is 1.51. The van der Waals surface area contributed by atoms with Gasteiger partial charge in [0.05, 0.1) is 17.8 Å². The molecule has 7 heteroatoms. The first-order chi connectivity index (χ1) is 7.79. The lowest BCUT2D eigenvalue weighted by atomic mass is 10.3. The second kappa shape index (κ2) is 5.97. The van der Waals surface area contributed by atoms with Crippen molar-refractivity contribution in [1.29, 1.82) is 0 Å². The van der Waals surface area contributed by atoms with E-state index >= 15 is 0 Å². The second-order valence-electron chi connectivity index (χ2n) is 3.62. The molecule has 0 saturated carbocycles. The van der Waals surface area contributed by atoms with Crippen LogP contribution in [-0.4, -0.2) is 37.0 Å². The summed E-state index contributed by atoms with van der Waals surface area (Å²) < 4.78 is 36.6. The number of carbonyl (C=O) groups is 1. The summed E-state index contributed by atoms with van der Waals surface area (Å²) in [6, 6.07) is 1.74. The molecule has 1 rings (SSSR count). The zero-order valence-electron chi connectivity index (χ0n) is 9.05. The van der Waals surface area contributed by atoms with Crippen molar-refractivity contribution in [3.63, 3.8) is 0 Å². The van der Waals surface area contributed by atoms with Gasteiger partial charge in [-0.05, 0) is 34.4 Å². The van der Waals surface area contributed by atoms with Gasteiger partial charge in [0, 0.05) is 11.0 Å². The molecule has 1 heterocycles. The van der Waals surface area contributed by atoms with Gasteiger partial charge in [-0.1, -0.05) is 0 Å². The molecule has 0 aliphatic heterocycles. The van der Waals surface area contributed by atoms with E-state index in [-0.39, 0.29) is 18.9 Å². The molecule has 0 spiro atoms. The van der Waals surface area contributed by atoms with E-state index < -0.39 is 12.6 Å². The largest absolute Gasteiger partial charge is 0.390 e. The maximum Gasteiger partial charge on any atom is 0.390 e. The van der Waals surface area contributed by atoms with Gasteiger partial charge < -0.3 is 0 Å². The number of alkyl halides is 3. The Balaban J connectivity index is 2.44. The molecular formula is C10H11BrF3NOS. The fourth-order valence-corrected chi connectivity index (χ4v) is 2.73. The van der Waals surface area contributed by atoms with Crippen molar-refractivity contribution < 1.29 is 18.0 Å². The predicted octanol–water partition coefficient (Wildman–Crippen LogP) is 3.58. The average Bonchev–Trinajstić information content (AvgIpc) is 2.60. The van der Waals surface area contributed by atoms with Gasteiger partial charge >= 0.3 is 6.18 Å². The predicted molar refractivity (Wildman–Crippen MR) is 64.5 cm³/mol. The average molecular weight is 330 g/mol. The highest BCUT2D eigenvalue weighted by Gasteiger charge is 2.27. The van der Waals surface area contributed by atoms with E-state index in [2.05, 4.69) is 15.9 Å². The van der Waals surface area contributed by atoms with E-state index in [0.29, 0.717) is 9.35 Å². The molecule has 0 N–H and O–H groups in total. The van der Waals surface area contributed by atoms with Gasteiger partial charge in [-0.3, -0.25) is 9.69 Å². The van der Waals surface area contributed by atoms with E-state index in [9.17, 15) is 18.0 Å². The standard InChI is InChI=1S/C10H11BrF3NOS/c1-15(4-3-10(12,13)14)6-8(16)9-7(11)2-5-17-9/h2,5H,3-4,6H2,1H3. The third kappa shape index (κ3) is 5.18. The molecule has 0 aromatic carbocycles. The SMILES string of the molecule is CN(CCC(F)(F)F)CC(=O)c1sccc1Br. The van der Waals surface area contributed by atoms with E-state index in [4.69, 9.17) is 0 Å². The summed E-state index contributed by atoms with van der Waals surface area (Å²) >= 11 is 4.50. The quantitative estimate of drug-likeness (QED) is 0.769. The Morgan fingerprint density at radius 3 is 2.65 bits per heavy atom. The van der Waals surface area contributed by atoms with Gasteiger partial charge in [0.25, 0.3) is 0 Å². The molecular weight excluding hydrogens is 319 g/mol. The number of hydrogen-bond donors (Lipinski definition) is 0. The van der Waals surface area contributed by atoms with Crippen LogP contribution >= 0.6 is 27.3 Å². The Morgan fingerprint density at radius 1 is 1.53 bits per heavy atom. The van der Waals surface area contributed by atoms with Crippen molar-refractivity contribution in [3.8, 4) is 0 Å². The number of likely N-dealkylation sites (N-methyl/N-ethyl adjacent to an activating group) is 1. The molecule has 0 fully saturated rings. The van der Waals surface area contributed by atoms with Crippen LogP contribution in [0.4, 0.5) is 13.2 Å². The van der Waals surface area contributed by atoms with Gasteiger partial charge in [-0.2, -0.15) is 13.2 Å². The number of nitrogens with zero attached hydrogens (tertiary/aromatic N) is 1. The first-order valence-electron chi connectivity index (χ1n) is 4.81. The lowest BCUT2D eigenvalue weighted by Gasteiger charge is -2.16. The molecule has 0 saturated heterocycles. The van der Waals surface area contributed by atoms with Gasteiger partial charge in [0.1, 0.15) is 0 Å². The van der Waals surface area contributed by atoms with Gasteiger partial charge in [-0.15, -0.1) is 11.3 Å². The van der Waals surface area contributed by atoms with E-state index in [1.807, 2.05) is 0 Å². The molecule has 0 bridgehead atoms. The third-order valence-electron chi connectivity index (χ3n) is 2.06. The fraction of sp³-hybridized carbons (Fsp3) is 0.500. The smallest absolute Gasteiger partial charge is 0.299 e. The first-order valence-corrected chi connectivity index (χ1v) is 6.48. The molecule has 2 nitrogen and oxygen atoms in total. The monoisotopic (exact) mass is 329 g/mol. The number of ketones is 1. The van der Waals surface area contributed by atoms with Crippen LogP contribution in [0, 0.1) is 0 Å². The molecule has 96 valence electrons. The maximum atomic E-state index is 12.0. The molecule has 1 aromatic heterocycles. The zero-order chi connectivity index (χ0) is 13.1. The molecule has 0 atom stereocenters. The Morgan fingerprint density at radius 2 is 2.18 bits per heavy atom. The topological polar surface area (TPSA) is 20.3 Å². The lowest BCUT2D eigenvalue weighted by Crippen LogP contribution is -2.29. The van der Waals surface area contributed by atoms with Crippen molar-refractivity contribution in [1.82, 2.24) is 4.90 Å². The minimum atomic E-state index is -4.18. The second-order valence-corrected chi connectivity index (χ2v) is 5.39. The number of Topliss-reactive ketones (excluding diaryl/α,β-unsaturated/α-hetero) is 1. The van der Waals surface area contributed by atoms with Crippen LogP contribution in [0.25, 0.3) is 0 Å². The molecule has 0 amide bonds. The molecule has 1 aromatic rings. The van der Waals surface area contributed by atoms with E-state index in [0.717, 1.165) is 0 Å². The summed E-state index contributed by atoms with van der Waals surface area (Å²) in [5.41, 5.74) is 0. The molecule has 0 radical (unpaired) electrons. The van der Waals surface area contributed by atoms with Crippen LogP contribution in [0.3, 0.4) is 0 Å². The van der Waals surface area contributed by atoms with Crippen molar-refractivity contribution in [3.05, 3.63) is 20.8 Å². The number of thiophene rings is 1. The summed E-state index contributed by atoms with van der Waals surface area (Å²) in [4.78, 5) is 13.6. The molecule has 17 heavy (non-hydrogen) atoms. The van der Waals surface area contributed by atoms with Crippen LogP contribution < -0.4 is 0 Å². The van der Waals surface area contributed by atoms with Crippen LogP contribution in [0.5, 0.6) is 0 Å². The minimum Gasteiger partial charge on any atom is -0.299 e. The van der Waals surface area contributed by atoms with Crippen molar-refractivity contribution in [2.75, 3.05) is 20.1 Å². The number of carbonyl (C=O) groups excluding carboxylic acids is 1. The highest BCUT2D eigenvalue weighted by molar-refractivity contribution is 9.10. The number of rotatable bonds is 5. The summed E-state index contributed by atoms with van der Waals surface area (Å²) in [5, 5.41) is 1.76. The maximum absolute atomic E-state index is 12.0. The van der Waals surface area contributed by atoms with Crippen molar-refractivity contribution in [2.24, 2.45) is 0 Å². The van der Waals surface area contributed by atoms with E-state index in [1.165, 1.54) is 23.3 Å². The van der Waals surface area contributed by atoms with Gasteiger partial charge in [-0.25, -0.2) is 0 Å². The Bertz CT molecular complexity index is 391. The van der Waals surface area contributed by atoms with Gasteiger partial charge in [0.2, 0.25) is 0 Å². The van der Waals surface area contributed by atoms with E-state index in [1.54, 1.807) is 11.4 Å². The van der Waals surface area contributed by atoms with Crippen molar-refractivity contribution in [2.45, 2.75) is 12.6 Å². The van der Waals surface area contributed by atoms with Gasteiger partial charge in [0.15, 0.2) is 5.78 Å². The zero-order valence-corrected chi connectivity index (χ0v) is 11.5. The highest BCUT2D eigenvalue weighted by atomic mass is 79.9. The first kappa shape index (κ1) is 14.7. The number of halogens is 4. The highest BCUT2D eigenvalue weighted by Crippen LogP contribution is 2.23. The fourth-order valence-electron chi connectivity index (χ4n) is 1.21. The van der Waals surface area contributed by atoms with Crippen LogP contribution in [0.1, 0.15) is 16.1 Å². The Labute approximate surface area is 110 Å². The van der Waals surface area contributed by atoms with Crippen LogP contribution in [0.15, 0.2) is 15.9 Å².